The van der Waals surface area contributed by atoms with Gasteiger partial charge < -0.3 is 4.74 Å². The number of rotatable bonds is 3. The van der Waals surface area contributed by atoms with Crippen molar-refractivity contribution in [1.29, 1.82) is 0 Å². The zero-order chi connectivity index (χ0) is 11.7. The number of fused-ring (bicyclic) bond motifs is 1. The van der Waals surface area contributed by atoms with E-state index in [1.807, 2.05) is 0 Å². The van der Waals surface area contributed by atoms with E-state index >= 15 is 0 Å². The Kier molecular flexibility index (Phi) is 3.44. The van der Waals surface area contributed by atoms with E-state index in [-0.39, 0.29) is 5.38 Å². The van der Waals surface area contributed by atoms with Crippen LogP contribution in [0, 0.1) is 11.8 Å². The Balaban J connectivity index is 2.21. The second-order valence-electron chi connectivity index (χ2n) is 4.97. The van der Waals surface area contributed by atoms with Crippen molar-refractivity contribution in [1.82, 2.24) is 0 Å². The summed E-state index contributed by atoms with van der Waals surface area (Å²) in [5.41, 5.74) is 2.53. The van der Waals surface area contributed by atoms with Crippen LogP contribution in [0.15, 0.2) is 18.2 Å². The third-order valence-corrected chi connectivity index (χ3v) is 4.19. The normalized spacial score (nSPS) is 18.1. The molecule has 0 bridgehead atoms. The molecule has 0 saturated carbocycles. The SMILES string of the molecule is CC(C)C(C)C(Cl)c1ccc2c(c1)CCO2. The molecular weight excluding hydrogens is 220 g/mol. The van der Waals surface area contributed by atoms with Crippen LogP contribution < -0.4 is 4.74 Å². The van der Waals surface area contributed by atoms with Gasteiger partial charge in [0.15, 0.2) is 0 Å². The fraction of sp³-hybridized carbons (Fsp3) is 0.571. The van der Waals surface area contributed by atoms with Gasteiger partial charge in [0.1, 0.15) is 5.75 Å². The third-order valence-electron chi connectivity index (χ3n) is 3.55. The van der Waals surface area contributed by atoms with E-state index < -0.39 is 0 Å². The number of alkyl halides is 1. The quantitative estimate of drug-likeness (QED) is 0.718. The molecule has 0 fully saturated rings. The monoisotopic (exact) mass is 238 g/mol. The molecule has 1 aliphatic heterocycles. The largest absolute Gasteiger partial charge is 0.493 e. The molecule has 0 N–H and O–H groups in total. The molecule has 0 aromatic heterocycles. The summed E-state index contributed by atoms with van der Waals surface area (Å²) in [5, 5.41) is 0.103. The predicted molar refractivity (Wildman–Crippen MR) is 68.2 cm³/mol. The summed E-state index contributed by atoms with van der Waals surface area (Å²) in [6.45, 7) is 7.46. The zero-order valence-corrected chi connectivity index (χ0v) is 10.9. The van der Waals surface area contributed by atoms with Crippen LogP contribution in [0.25, 0.3) is 0 Å². The van der Waals surface area contributed by atoms with Crippen molar-refractivity contribution in [2.24, 2.45) is 11.8 Å². The van der Waals surface area contributed by atoms with Gasteiger partial charge in [-0.05, 0) is 29.0 Å². The van der Waals surface area contributed by atoms with Crippen LogP contribution in [0.4, 0.5) is 0 Å². The van der Waals surface area contributed by atoms with E-state index in [4.69, 9.17) is 16.3 Å². The standard InChI is InChI=1S/C14H19ClO/c1-9(2)10(3)14(15)12-4-5-13-11(8-12)6-7-16-13/h4-5,8-10,14H,6-7H2,1-3H3. The topological polar surface area (TPSA) is 9.23 Å². The summed E-state index contributed by atoms with van der Waals surface area (Å²) in [5.74, 6) is 2.12. The predicted octanol–water partition coefficient (Wildman–Crippen LogP) is 4.19. The second kappa shape index (κ2) is 4.67. The van der Waals surface area contributed by atoms with Crippen LogP contribution in [0.5, 0.6) is 5.75 Å². The van der Waals surface area contributed by atoms with Crippen LogP contribution >= 0.6 is 11.6 Å². The minimum absolute atomic E-state index is 0.103. The lowest BCUT2D eigenvalue weighted by atomic mass is 9.90. The molecule has 1 heterocycles. The number of hydrogen-bond donors (Lipinski definition) is 0. The second-order valence-corrected chi connectivity index (χ2v) is 5.44. The van der Waals surface area contributed by atoms with Crippen molar-refractivity contribution >= 4 is 11.6 Å². The highest BCUT2D eigenvalue weighted by molar-refractivity contribution is 6.21. The van der Waals surface area contributed by atoms with Gasteiger partial charge in [0, 0.05) is 6.42 Å². The fourth-order valence-electron chi connectivity index (χ4n) is 2.02. The number of ether oxygens (including phenoxy) is 1. The van der Waals surface area contributed by atoms with Gasteiger partial charge in [0.2, 0.25) is 0 Å². The first-order valence-electron chi connectivity index (χ1n) is 5.99. The average Bonchev–Trinajstić information content (AvgIpc) is 2.73. The lowest BCUT2D eigenvalue weighted by Gasteiger charge is -2.22. The molecule has 1 aromatic rings. The van der Waals surface area contributed by atoms with Crippen molar-refractivity contribution in [3.63, 3.8) is 0 Å². The van der Waals surface area contributed by atoms with Crippen LogP contribution in [0.3, 0.4) is 0 Å². The fourth-order valence-corrected chi connectivity index (χ4v) is 2.45. The molecule has 2 rings (SSSR count). The van der Waals surface area contributed by atoms with Gasteiger partial charge in [0.05, 0.1) is 12.0 Å². The van der Waals surface area contributed by atoms with Crippen molar-refractivity contribution in [2.45, 2.75) is 32.6 Å². The minimum Gasteiger partial charge on any atom is -0.493 e. The lowest BCUT2D eigenvalue weighted by Crippen LogP contribution is -2.10. The highest BCUT2D eigenvalue weighted by atomic mass is 35.5. The smallest absolute Gasteiger partial charge is 0.122 e. The summed E-state index contributed by atoms with van der Waals surface area (Å²) < 4.78 is 5.50. The first kappa shape index (κ1) is 11.8. The molecule has 16 heavy (non-hydrogen) atoms. The third kappa shape index (κ3) is 2.20. The lowest BCUT2D eigenvalue weighted by molar-refractivity contribution is 0.356. The molecule has 0 spiro atoms. The van der Waals surface area contributed by atoms with Gasteiger partial charge in [-0.2, -0.15) is 0 Å². The Bertz CT molecular complexity index is 373. The van der Waals surface area contributed by atoms with Crippen molar-refractivity contribution < 1.29 is 4.74 Å². The van der Waals surface area contributed by atoms with Crippen molar-refractivity contribution in [2.75, 3.05) is 6.61 Å². The van der Waals surface area contributed by atoms with E-state index in [2.05, 4.69) is 39.0 Å². The summed E-state index contributed by atoms with van der Waals surface area (Å²) in [4.78, 5) is 0. The number of halogens is 1. The zero-order valence-electron chi connectivity index (χ0n) is 10.2. The van der Waals surface area contributed by atoms with Gasteiger partial charge in [-0.3, -0.25) is 0 Å². The molecule has 1 aliphatic rings. The maximum absolute atomic E-state index is 6.51. The van der Waals surface area contributed by atoms with Crippen LogP contribution in [0.2, 0.25) is 0 Å². The molecule has 0 saturated heterocycles. The van der Waals surface area contributed by atoms with E-state index in [0.29, 0.717) is 11.8 Å². The summed E-state index contributed by atoms with van der Waals surface area (Å²) >= 11 is 6.51. The maximum Gasteiger partial charge on any atom is 0.122 e. The molecule has 1 aromatic carbocycles. The molecule has 1 nitrogen and oxygen atoms in total. The van der Waals surface area contributed by atoms with E-state index in [9.17, 15) is 0 Å². The first-order valence-corrected chi connectivity index (χ1v) is 6.43. The number of hydrogen-bond acceptors (Lipinski definition) is 1. The van der Waals surface area contributed by atoms with Crippen LogP contribution in [-0.2, 0) is 6.42 Å². The Morgan fingerprint density at radius 1 is 1.25 bits per heavy atom. The number of benzene rings is 1. The Hall–Kier alpha value is -0.690. The van der Waals surface area contributed by atoms with Gasteiger partial charge in [-0.25, -0.2) is 0 Å². The molecule has 88 valence electrons. The Morgan fingerprint density at radius 3 is 2.69 bits per heavy atom. The average molecular weight is 239 g/mol. The molecule has 0 amide bonds. The van der Waals surface area contributed by atoms with Gasteiger partial charge >= 0.3 is 0 Å². The van der Waals surface area contributed by atoms with Crippen LogP contribution in [-0.4, -0.2) is 6.61 Å². The molecule has 2 unspecified atom stereocenters. The van der Waals surface area contributed by atoms with Crippen molar-refractivity contribution in [3.05, 3.63) is 29.3 Å². The maximum atomic E-state index is 6.51. The van der Waals surface area contributed by atoms with Gasteiger partial charge in [-0.15, -0.1) is 11.6 Å². The molecular formula is C14H19ClO. The van der Waals surface area contributed by atoms with E-state index in [1.165, 1.54) is 11.1 Å². The molecule has 2 atom stereocenters. The van der Waals surface area contributed by atoms with E-state index in [0.717, 1.165) is 18.8 Å². The van der Waals surface area contributed by atoms with Gasteiger partial charge in [0.25, 0.3) is 0 Å². The first-order chi connectivity index (χ1) is 7.59. The highest BCUT2D eigenvalue weighted by Gasteiger charge is 2.21. The summed E-state index contributed by atoms with van der Waals surface area (Å²) in [7, 11) is 0. The van der Waals surface area contributed by atoms with E-state index in [1.54, 1.807) is 0 Å². The minimum atomic E-state index is 0.103. The molecule has 0 aliphatic carbocycles. The van der Waals surface area contributed by atoms with Crippen molar-refractivity contribution in [3.8, 4) is 5.75 Å². The molecule has 2 heteroatoms. The van der Waals surface area contributed by atoms with Crippen LogP contribution in [0.1, 0.15) is 37.3 Å². The summed E-state index contributed by atoms with van der Waals surface area (Å²) in [6.07, 6.45) is 1.02. The summed E-state index contributed by atoms with van der Waals surface area (Å²) in [6, 6.07) is 6.36. The Morgan fingerprint density at radius 2 is 2.00 bits per heavy atom. The molecule has 0 radical (unpaired) electrons. The Labute approximate surface area is 103 Å². The highest BCUT2D eigenvalue weighted by Crippen LogP contribution is 2.36. The van der Waals surface area contributed by atoms with Gasteiger partial charge in [-0.1, -0.05) is 32.9 Å².